The third kappa shape index (κ3) is 5.42. The lowest BCUT2D eigenvalue weighted by Crippen LogP contribution is -2.38. The van der Waals surface area contributed by atoms with E-state index < -0.39 is 0 Å². The first-order chi connectivity index (χ1) is 12.2. The largest absolute Gasteiger partial charge is 0.379 e. The number of nitrogens with one attached hydrogen (secondary N) is 2. The molecule has 6 heteroatoms. The average Bonchev–Trinajstić information content (AvgIpc) is 3.16. The molecule has 0 saturated carbocycles. The van der Waals surface area contributed by atoms with Gasteiger partial charge in [-0.05, 0) is 43.9 Å². The van der Waals surface area contributed by atoms with E-state index in [0.717, 1.165) is 57.9 Å². The van der Waals surface area contributed by atoms with Crippen molar-refractivity contribution in [3.8, 4) is 0 Å². The first-order valence-electron chi connectivity index (χ1n) is 9.30. The highest BCUT2D eigenvalue weighted by Gasteiger charge is 2.18. The van der Waals surface area contributed by atoms with Crippen LogP contribution in [-0.4, -0.2) is 56.5 Å². The second-order valence-electron chi connectivity index (χ2n) is 6.75. The van der Waals surface area contributed by atoms with Crippen molar-refractivity contribution in [2.45, 2.75) is 38.3 Å². The van der Waals surface area contributed by atoms with Crippen molar-refractivity contribution in [2.24, 2.45) is 0 Å². The third-order valence-electron chi connectivity index (χ3n) is 5.02. The zero-order valence-electron chi connectivity index (χ0n) is 15.0. The van der Waals surface area contributed by atoms with Crippen molar-refractivity contribution in [1.82, 2.24) is 10.2 Å². The molecule has 1 aromatic carbocycles. The van der Waals surface area contributed by atoms with Gasteiger partial charge in [0.15, 0.2) is 0 Å². The minimum absolute atomic E-state index is 0.160. The molecule has 2 atom stereocenters. The van der Waals surface area contributed by atoms with Gasteiger partial charge in [-0.25, -0.2) is 4.79 Å². The van der Waals surface area contributed by atoms with Crippen LogP contribution in [0.4, 0.5) is 10.5 Å². The van der Waals surface area contributed by atoms with E-state index in [1.165, 1.54) is 5.56 Å². The monoisotopic (exact) mass is 347 g/mol. The number of anilines is 1. The van der Waals surface area contributed by atoms with Gasteiger partial charge in [0, 0.05) is 38.0 Å². The van der Waals surface area contributed by atoms with Gasteiger partial charge in [0.25, 0.3) is 0 Å². The molecule has 2 heterocycles. The number of morpholine rings is 1. The van der Waals surface area contributed by atoms with E-state index in [1.807, 2.05) is 12.1 Å². The fourth-order valence-electron chi connectivity index (χ4n) is 3.41. The summed E-state index contributed by atoms with van der Waals surface area (Å²) in [5.74, 6) is 0. The molecule has 2 fully saturated rings. The molecule has 6 nitrogen and oxygen atoms in total. The van der Waals surface area contributed by atoms with E-state index in [-0.39, 0.29) is 6.03 Å². The van der Waals surface area contributed by atoms with Crippen LogP contribution in [-0.2, 0) is 9.47 Å². The SMILES string of the molecule is C[C@@H](c1ccc(NC(=O)NCC[C@H]2CCCO2)cc1)N1CCOCC1. The summed E-state index contributed by atoms with van der Waals surface area (Å²) < 4.78 is 11.0. The van der Waals surface area contributed by atoms with Gasteiger partial charge in [0.2, 0.25) is 0 Å². The van der Waals surface area contributed by atoms with E-state index >= 15 is 0 Å². The van der Waals surface area contributed by atoms with Gasteiger partial charge in [-0.2, -0.15) is 0 Å². The summed E-state index contributed by atoms with van der Waals surface area (Å²) in [5.41, 5.74) is 2.07. The summed E-state index contributed by atoms with van der Waals surface area (Å²) in [6, 6.07) is 8.30. The number of hydrogen-bond acceptors (Lipinski definition) is 4. The number of carbonyl (C=O) groups is 1. The van der Waals surface area contributed by atoms with E-state index in [2.05, 4.69) is 34.6 Å². The van der Waals surface area contributed by atoms with Gasteiger partial charge in [-0.3, -0.25) is 4.90 Å². The molecule has 0 aromatic heterocycles. The molecule has 0 unspecified atom stereocenters. The minimum Gasteiger partial charge on any atom is -0.379 e. The second-order valence-corrected chi connectivity index (χ2v) is 6.75. The smallest absolute Gasteiger partial charge is 0.319 e. The van der Waals surface area contributed by atoms with Crippen LogP contribution in [0.25, 0.3) is 0 Å². The highest BCUT2D eigenvalue weighted by molar-refractivity contribution is 5.89. The van der Waals surface area contributed by atoms with Gasteiger partial charge in [-0.1, -0.05) is 12.1 Å². The van der Waals surface area contributed by atoms with Crippen molar-refractivity contribution in [1.29, 1.82) is 0 Å². The average molecular weight is 347 g/mol. The number of nitrogens with zero attached hydrogens (tertiary/aromatic N) is 1. The molecule has 25 heavy (non-hydrogen) atoms. The molecule has 2 saturated heterocycles. The topological polar surface area (TPSA) is 62.8 Å². The molecule has 0 aliphatic carbocycles. The fourth-order valence-corrected chi connectivity index (χ4v) is 3.41. The summed E-state index contributed by atoms with van der Waals surface area (Å²) >= 11 is 0. The first-order valence-corrected chi connectivity index (χ1v) is 9.30. The van der Waals surface area contributed by atoms with Crippen molar-refractivity contribution < 1.29 is 14.3 Å². The molecule has 2 aliphatic rings. The minimum atomic E-state index is -0.160. The maximum atomic E-state index is 12.0. The Morgan fingerprint density at radius 2 is 2.00 bits per heavy atom. The van der Waals surface area contributed by atoms with Gasteiger partial charge in [0.05, 0.1) is 19.3 Å². The molecule has 0 radical (unpaired) electrons. The first kappa shape index (κ1) is 18.2. The molecule has 0 bridgehead atoms. The Morgan fingerprint density at radius 3 is 2.68 bits per heavy atom. The van der Waals surface area contributed by atoms with Crippen LogP contribution in [0.5, 0.6) is 0 Å². The number of urea groups is 1. The predicted octanol–water partition coefficient (Wildman–Crippen LogP) is 2.77. The summed E-state index contributed by atoms with van der Waals surface area (Å²) in [7, 11) is 0. The van der Waals surface area contributed by atoms with Gasteiger partial charge in [-0.15, -0.1) is 0 Å². The lowest BCUT2D eigenvalue weighted by atomic mass is 10.1. The van der Waals surface area contributed by atoms with Crippen LogP contribution in [0.15, 0.2) is 24.3 Å². The number of hydrogen-bond donors (Lipinski definition) is 2. The third-order valence-corrected chi connectivity index (χ3v) is 5.02. The summed E-state index contributed by atoms with van der Waals surface area (Å²) in [4.78, 5) is 14.4. The van der Waals surface area contributed by atoms with E-state index in [1.54, 1.807) is 0 Å². The van der Waals surface area contributed by atoms with Gasteiger partial charge < -0.3 is 20.1 Å². The van der Waals surface area contributed by atoms with Crippen LogP contribution in [0.2, 0.25) is 0 Å². The normalized spacial score (nSPS) is 22.5. The highest BCUT2D eigenvalue weighted by Crippen LogP contribution is 2.22. The number of carbonyl (C=O) groups excluding carboxylic acids is 1. The lowest BCUT2D eigenvalue weighted by molar-refractivity contribution is 0.0198. The summed E-state index contributed by atoms with van der Waals surface area (Å²) in [5, 5.41) is 5.78. The van der Waals surface area contributed by atoms with Crippen LogP contribution >= 0.6 is 0 Å². The molecular formula is C19H29N3O3. The van der Waals surface area contributed by atoms with E-state index in [4.69, 9.17) is 9.47 Å². The zero-order chi connectivity index (χ0) is 17.5. The molecule has 0 spiro atoms. The second kappa shape index (κ2) is 9.17. The van der Waals surface area contributed by atoms with Crippen LogP contribution in [0.1, 0.15) is 37.8 Å². The molecule has 2 amide bonds. The van der Waals surface area contributed by atoms with Crippen molar-refractivity contribution in [3.63, 3.8) is 0 Å². The molecule has 1 aromatic rings. The Labute approximate surface area is 149 Å². The van der Waals surface area contributed by atoms with Crippen molar-refractivity contribution in [3.05, 3.63) is 29.8 Å². The van der Waals surface area contributed by atoms with Crippen molar-refractivity contribution >= 4 is 11.7 Å². The van der Waals surface area contributed by atoms with E-state index in [0.29, 0.717) is 18.7 Å². The Kier molecular flexibility index (Phi) is 6.67. The molecule has 3 rings (SSSR count). The maximum Gasteiger partial charge on any atom is 0.319 e. The standard InChI is InChI=1S/C19H29N3O3/c1-15(22-10-13-24-14-11-22)16-4-6-17(7-5-16)21-19(23)20-9-8-18-3-2-12-25-18/h4-7,15,18H,2-3,8-14H2,1H3,(H2,20,21,23)/t15-,18+/m0/s1. The number of benzene rings is 1. The predicted molar refractivity (Wildman–Crippen MR) is 97.9 cm³/mol. The molecule has 2 aliphatic heterocycles. The molecular weight excluding hydrogens is 318 g/mol. The molecule has 2 N–H and O–H groups in total. The lowest BCUT2D eigenvalue weighted by Gasteiger charge is -2.32. The quantitative estimate of drug-likeness (QED) is 0.831. The Balaban J connectivity index is 1.42. The fraction of sp³-hybridized carbons (Fsp3) is 0.632. The number of ether oxygens (including phenoxy) is 2. The van der Waals surface area contributed by atoms with Gasteiger partial charge in [0.1, 0.15) is 0 Å². The Morgan fingerprint density at radius 1 is 1.24 bits per heavy atom. The van der Waals surface area contributed by atoms with Crippen LogP contribution in [0.3, 0.4) is 0 Å². The van der Waals surface area contributed by atoms with Crippen LogP contribution < -0.4 is 10.6 Å². The van der Waals surface area contributed by atoms with Crippen LogP contribution in [0, 0.1) is 0 Å². The Bertz CT molecular complexity index is 537. The van der Waals surface area contributed by atoms with Gasteiger partial charge >= 0.3 is 6.03 Å². The maximum absolute atomic E-state index is 12.0. The summed E-state index contributed by atoms with van der Waals surface area (Å²) in [6.07, 6.45) is 3.42. The van der Waals surface area contributed by atoms with E-state index in [9.17, 15) is 4.79 Å². The Hall–Kier alpha value is -1.63. The zero-order valence-corrected chi connectivity index (χ0v) is 15.0. The molecule has 138 valence electrons. The van der Waals surface area contributed by atoms with Crippen molar-refractivity contribution in [2.75, 3.05) is 44.8 Å². The summed E-state index contributed by atoms with van der Waals surface area (Å²) in [6.45, 7) is 7.24. The number of rotatable bonds is 6. The highest BCUT2D eigenvalue weighted by atomic mass is 16.5. The number of amides is 2.